The van der Waals surface area contributed by atoms with Gasteiger partial charge >= 0.3 is 5.97 Å². The van der Waals surface area contributed by atoms with E-state index in [0.29, 0.717) is 34.0 Å². The summed E-state index contributed by atoms with van der Waals surface area (Å²) >= 11 is 12.5. The van der Waals surface area contributed by atoms with Crippen molar-refractivity contribution >= 4 is 29.2 Å². The summed E-state index contributed by atoms with van der Waals surface area (Å²) in [4.78, 5) is 14.2. The largest absolute Gasteiger partial charge is 0.494 e. The predicted molar refractivity (Wildman–Crippen MR) is 150 cm³/mol. The minimum atomic E-state index is -0.886. The van der Waals surface area contributed by atoms with Crippen LogP contribution in [0.25, 0.3) is 0 Å². The van der Waals surface area contributed by atoms with E-state index >= 15 is 0 Å². The van der Waals surface area contributed by atoms with Crippen molar-refractivity contribution in [1.82, 2.24) is 9.47 Å². The fourth-order valence-electron chi connectivity index (χ4n) is 5.26. The molecule has 0 bridgehead atoms. The van der Waals surface area contributed by atoms with Gasteiger partial charge in [0.2, 0.25) is 0 Å². The van der Waals surface area contributed by atoms with Gasteiger partial charge in [-0.3, -0.25) is 14.3 Å². The molecule has 2 aromatic carbocycles. The molecule has 1 atom stereocenters. The van der Waals surface area contributed by atoms with Gasteiger partial charge < -0.3 is 24.8 Å². The van der Waals surface area contributed by atoms with Gasteiger partial charge in [0.25, 0.3) is 0 Å². The van der Waals surface area contributed by atoms with Gasteiger partial charge in [-0.2, -0.15) is 0 Å². The smallest absolute Gasteiger partial charge is 0.305 e. The molecule has 1 fully saturated rings. The first kappa shape index (κ1) is 28.9. The summed E-state index contributed by atoms with van der Waals surface area (Å²) in [7, 11) is 1.56. The zero-order valence-electron chi connectivity index (χ0n) is 21.9. The van der Waals surface area contributed by atoms with Gasteiger partial charge in [-0.15, -0.1) is 0 Å². The molecule has 3 N–H and O–H groups in total. The number of carbonyl (C=O) groups is 1. The number of ether oxygens (including phenoxy) is 2. The quantitative estimate of drug-likeness (QED) is 0.213. The number of aromatic nitrogens is 1. The first-order valence-electron chi connectivity index (χ1n) is 13.0. The highest BCUT2D eigenvalue weighted by Gasteiger charge is 2.28. The van der Waals surface area contributed by atoms with Crippen LogP contribution in [0.5, 0.6) is 23.3 Å². The van der Waals surface area contributed by atoms with Crippen LogP contribution in [0.15, 0.2) is 48.5 Å². The fourth-order valence-corrected chi connectivity index (χ4v) is 5.56. The number of carboxylic acids is 1. The maximum Gasteiger partial charge on any atom is 0.305 e. The number of halogens is 2. The van der Waals surface area contributed by atoms with Crippen LogP contribution in [0, 0.1) is 5.92 Å². The standard InChI is InChI=1S/C29H34Cl2N2O6/c1-38-26-14-20(6-9-25(26)39-13-12-33-27(34)10-11-28(33)35)18-32(17-19-4-2-3-5-19)24(16-29(36)37)21-7-8-22(30)23(31)15-21/h6-11,14-15,19,24,34-35H,2-5,12-13,16-18H2,1H3,(H,36,37). The lowest BCUT2D eigenvalue weighted by molar-refractivity contribution is -0.138. The van der Waals surface area contributed by atoms with Crippen molar-refractivity contribution in [1.29, 1.82) is 0 Å². The van der Waals surface area contributed by atoms with E-state index in [1.165, 1.54) is 29.5 Å². The molecule has 0 radical (unpaired) electrons. The molecule has 210 valence electrons. The molecule has 1 aliphatic rings. The van der Waals surface area contributed by atoms with Crippen molar-refractivity contribution in [3.63, 3.8) is 0 Å². The number of aromatic hydroxyl groups is 2. The molecular weight excluding hydrogens is 543 g/mol. The molecule has 0 saturated heterocycles. The van der Waals surface area contributed by atoms with Crippen LogP contribution in [0.4, 0.5) is 0 Å². The van der Waals surface area contributed by atoms with E-state index in [2.05, 4.69) is 4.90 Å². The van der Waals surface area contributed by atoms with E-state index in [0.717, 1.165) is 30.5 Å². The van der Waals surface area contributed by atoms with E-state index in [1.807, 2.05) is 24.3 Å². The summed E-state index contributed by atoms with van der Waals surface area (Å²) < 4.78 is 12.8. The van der Waals surface area contributed by atoms with E-state index in [-0.39, 0.29) is 37.4 Å². The van der Waals surface area contributed by atoms with E-state index in [1.54, 1.807) is 19.2 Å². The van der Waals surface area contributed by atoms with Crippen molar-refractivity contribution in [2.45, 2.75) is 51.2 Å². The van der Waals surface area contributed by atoms with Crippen molar-refractivity contribution in [2.24, 2.45) is 5.92 Å². The van der Waals surface area contributed by atoms with Crippen molar-refractivity contribution in [3.8, 4) is 23.3 Å². The highest BCUT2D eigenvalue weighted by molar-refractivity contribution is 6.42. The molecule has 1 aliphatic carbocycles. The van der Waals surface area contributed by atoms with E-state index in [9.17, 15) is 20.1 Å². The number of nitrogens with zero attached hydrogens (tertiary/aromatic N) is 2. The minimum Gasteiger partial charge on any atom is -0.494 e. The van der Waals surface area contributed by atoms with Crippen LogP contribution in [0.1, 0.15) is 49.3 Å². The van der Waals surface area contributed by atoms with Gasteiger partial charge in [-0.05, 0) is 54.2 Å². The third-order valence-electron chi connectivity index (χ3n) is 7.23. The molecule has 1 heterocycles. The summed E-state index contributed by atoms with van der Waals surface area (Å²) in [6.07, 6.45) is 4.56. The topological polar surface area (TPSA) is 104 Å². The maximum absolute atomic E-state index is 11.9. The molecular formula is C29H34Cl2N2O6. The minimum absolute atomic E-state index is 0.0429. The normalized spacial score (nSPS) is 14.6. The van der Waals surface area contributed by atoms with Crippen LogP contribution in [0.3, 0.4) is 0 Å². The Kier molecular flexibility index (Phi) is 9.88. The molecule has 39 heavy (non-hydrogen) atoms. The highest BCUT2D eigenvalue weighted by Crippen LogP contribution is 2.36. The third-order valence-corrected chi connectivity index (χ3v) is 7.96. The molecule has 10 heteroatoms. The monoisotopic (exact) mass is 576 g/mol. The Bertz CT molecular complexity index is 1260. The number of benzene rings is 2. The zero-order chi connectivity index (χ0) is 27.9. The van der Waals surface area contributed by atoms with Gasteiger partial charge in [0.15, 0.2) is 23.3 Å². The molecule has 1 saturated carbocycles. The third kappa shape index (κ3) is 7.53. The second-order valence-corrected chi connectivity index (χ2v) is 10.7. The first-order valence-corrected chi connectivity index (χ1v) is 13.8. The first-order chi connectivity index (χ1) is 18.7. The molecule has 0 aliphatic heterocycles. The maximum atomic E-state index is 11.9. The predicted octanol–water partition coefficient (Wildman–Crippen LogP) is 6.50. The molecule has 3 aromatic rings. The Morgan fingerprint density at radius 2 is 1.74 bits per heavy atom. The lowest BCUT2D eigenvalue weighted by atomic mass is 9.98. The van der Waals surface area contributed by atoms with Gasteiger partial charge in [0.1, 0.15) is 6.61 Å². The lowest BCUT2D eigenvalue weighted by Gasteiger charge is -2.34. The highest BCUT2D eigenvalue weighted by atomic mass is 35.5. The Hall–Kier alpha value is -3.07. The number of methoxy groups -OCH3 is 1. The second-order valence-electron chi connectivity index (χ2n) is 9.90. The fraction of sp³-hybridized carbons (Fsp3) is 0.414. The van der Waals surface area contributed by atoms with Gasteiger partial charge in [0, 0.05) is 31.3 Å². The Balaban J connectivity index is 1.55. The number of aliphatic carboxylic acids is 1. The van der Waals surface area contributed by atoms with Crippen LogP contribution in [-0.2, 0) is 17.9 Å². The average Bonchev–Trinajstić information content (AvgIpc) is 3.54. The molecule has 4 rings (SSSR count). The SMILES string of the molecule is COc1cc(CN(CC2CCCC2)C(CC(=O)O)c2ccc(Cl)c(Cl)c2)ccc1OCCn1c(O)ccc1O. The molecule has 1 unspecified atom stereocenters. The summed E-state index contributed by atoms with van der Waals surface area (Å²) in [5.41, 5.74) is 1.77. The Morgan fingerprint density at radius 3 is 2.38 bits per heavy atom. The van der Waals surface area contributed by atoms with Gasteiger partial charge in [0.05, 0.1) is 30.1 Å². The summed E-state index contributed by atoms with van der Waals surface area (Å²) in [6, 6.07) is 13.4. The van der Waals surface area contributed by atoms with Gasteiger partial charge in [-0.1, -0.05) is 48.2 Å². The van der Waals surface area contributed by atoms with Crippen LogP contribution in [-0.4, -0.2) is 51.0 Å². The Morgan fingerprint density at radius 1 is 1.03 bits per heavy atom. The summed E-state index contributed by atoms with van der Waals surface area (Å²) in [5, 5.41) is 30.3. The molecule has 0 amide bonds. The van der Waals surface area contributed by atoms with E-state index in [4.69, 9.17) is 32.7 Å². The molecule has 1 aromatic heterocycles. The summed E-state index contributed by atoms with van der Waals surface area (Å²) in [6.45, 7) is 1.74. The number of carboxylic acid groups (broad SMARTS) is 1. The summed E-state index contributed by atoms with van der Waals surface area (Å²) in [5.74, 6) is 0.593. The Labute approximate surface area is 238 Å². The molecule has 0 spiro atoms. The molecule has 8 nitrogen and oxygen atoms in total. The average molecular weight is 578 g/mol. The lowest BCUT2D eigenvalue weighted by Crippen LogP contribution is -2.34. The zero-order valence-corrected chi connectivity index (χ0v) is 23.4. The van der Waals surface area contributed by atoms with Gasteiger partial charge in [-0.25, -0.2) is 0 Å². The number of hydrogen-bond donors (Lipinski definition) is 3. The number of hydrogen-bond acceptors (Lipinski definition) is 6. The second kappa shape index (κ2) is 13.3. The van der Waals surface area contributed by atoms with Crippen LogP contribution in [0.2, 0.25) is 10.0 Å². The van der Waals surface area contributed by atoms with Crippen LogP contribution < -0.4 is 9.47 Å². The van der Waals surface area contributed by atoms with Crippen LogP contribution >= 0.6 is 23.2 Å². The van der Waals surface area contributed by atoms with E-state index < -0.39 is 5.97 Å². The van der Waals surface area contributed by atoms with Crippen molar-refractivity contribution in [2.75, 3.05) is 20.3 Å². The van der Waals surface area contributed by atoms with Crippen molar-refractivity contribution in [3.05, 3.63) is 69.7 Å². The number of rotatable bonds is 13. The van der Waals surface area contributed by atoms with Crippen molar-refractivity contribution < 1.29 is 29.6 Å².